The van der Waals surface area contributed by atoms with Crippen molar-refractivity contribution in [2.75, 3.05) is 0 Å². The Labute approximate surface area is 143 Å². The highest BCUT2D eigenvalue weighted by Gasteiger charge is 2.25. The van der Waals surface area contributed by atoms with Gasteiger partial charge in [0.05, 0.1) is 6.10 Å². The van der Waals surface area contributed by atoms with E-state index < -0.39 is 21.5 Å². The summed E-state index contributed by atoms with van der Waals surface area (Å²) in [4.78, 5) is 0. The van der Waals surface area contributed by atoms with Gasteiger partial charge in [-0.1, -0.05) is 90.4 Å². The average Bonchev–Trinajstić information content (AvgIpc) is 2.50. The second kappa shape index (κ2) is 14.2. The third-order valence-electron chi connectivity index (χ3n) is 4.62. The molecule has 0 rings (SSSR count). The molecule has 0 aromatic heterocycles. The third kappa shape index (κ3) is 14.0. The van der Waals surface area contributed by atoms with Crippen LogP contribution in [0.5, 0.6) is 0 Å². The van der Waals surface area contributed by atoms with Crippen LogP contribution in [0.1, 0.15) is 104 Å². The minimum absolute atomic E-state index is 0.443. The molecular weight excluding hydrogens is 312 g/mol. The van der Waals surface area contributed by atoms with Gasteiger partial charge in [-0.2, -0.15) is 8.42 Å². The molecule has 140 valence electrons. The molecule has 2 unspecified atom stereocenters. The number of aliphatic hydroxyl groups is 1. The predicted octanol–water partition coefficient (Wildman–Crippen LogP) is 5.10. The van der Waals surface area contributed by atoms with E-state index in [2.05, 4.69) is 6.92 Å². The molecule has 2 atom stereocenters. The minimum atomic E-state index is -4.12. The van der Waals surface area contributed by atoms with Crippen LogP contribution in [0.15, 0.2) is 0 Å². The van der Waals surface area contributed by atoms with Gasteiger partial charge in [0.15, 0.2) is 0 Å². The van der Waals surface area contributed by atoms with Crippen molar-refractivity contribution in [1.82, 2.24) is 0 Å². The van der Waals surface area contributed by atoms with E-state index in [1.54, 1.807) is 0 Å². The highest BCUT2D eigenvalue weighted by Crippen LogP contribution is 2.15. The lowest BCUT2D eigenvalue weighted by Crippen LogP contribution is -2.30. The maximum absolute atomic E-state index is 10.9. The zero-order chi connectivity index (χ0) is 17.6. The fourth-order valence-electron chi connectivity index (χ4n) is 2.80. The monoisotopic (exact) mass is 350 g/mol. The van der Waals surface area contributed by atoms with Crippen molar-refractivity contribution in [3.8, 4) is 0 Å². The van der Waals surface area contributed by atoms with Crippen molar-refractivity contribution in [2.24, 2.45) is 0 Å². The number of hydrogen-bond acceptors (Lipinski definition) is 3. The molecule has 0 aliphatic carbocycles. The van der Waals surface area contributed by atoms with E-state index >= 15 is 0 Å². The van der Waals surface area contributed by atoms with Gasteiger partial charge >= 0.3 is 0 Å². The van der Waals surface area contributed by atoms with Gasteiger partial charge in [0.2, 0.25) is 0 Å². The Hall–Kier alpha value is -0.130. The average molecular weight is 351 g/mol. The number of aliphatic hydroxyl groups excluding tert-OH is 1. The summed E-state index contributed by atoms with van der Waals surface area (Å²) in [5.74, 6) is 0. The topological polar surface area (TPSA) is 74.6 Å². The fourth-order valence-corrected chi connectivity index (χ4v) is 3.34. The first-order valence-corrected chi connectivity index (χ1v) is 11.0. The van der Waals surface area contributed by atoms with Crippen LogP contribution in [0.3, 0.4) is 0 Å². The summed E-state index contributed by atoms with van der Waals surface area (Å²) in [6.45, 7) is 3.60. The lowest BCUT2D eigenvalue weighted by molar-refractivity contribution is 0.155. The van der Waals surface area contributed by atoms with Gasteiger partial charge in [-0.05, 0) is 13.3 Å². The van der Waals surface area contributed by atoms with Crippen LogP contribution in [-0.4, -0.2) is 29.4 Å². The zero-order valence-electron chi connectivity index (χ0n) is 15.2. The second-order valence-electron chi connectivity index (χ2n) is 6.82. The lowest BCUT2D eigenvalue weighted by Gasteiger charge is -2.15. The summed E-state index contributed by atoms with van der Waals surface area (Å²) in [6, 6.07) is 0. The van der Waals surface area contributed by atoms with Gasteiger partial charge in [0.25, 0.3) is 10.1 Å². The molecule has 0 bridgehead atoms. The maximum atomic E-state index is 10.9. The fraction of sp³-hybridized carbons (Fsp3) is 1.00. The van der Waals surface area contributed by atoms with Crippen molar-refractivity contribution < 1.29 is 18.1 Å². The van der Waals surface area contributed by atoms with Crippen molar-refractivity contribution in [3.05, 3.63) is 0 Å². The summed E-state index contributed by atoms with van der Waals surface area (Å²) in [5, 5.41) is 8.61. The van der Waals surface area contributed by atoms with Crippen LogP contribution in [-0.2, 0) is 10.1 Å². The molecule has 0 aliphatic rings. The molecular formula is C18H38O4S. The molecule has 0 aromatic carbocycles. The third-order valence-corrected chi connectivity index (χ3v) is 5.87. The molecule has 0 saturated heterocycles. The van der Waals surface area contributed by atoms with Crippen LogP contribution < -0.4 is 0 Å². The zero-order valence-corrected chi connectivity index (χ0v) is 16.0. The number of unbranched alkanes of at least 4 members (excludes halogenated alkanes) is 12. The molecule has 5 heteroatoms. The number of rotatable bonds is 16. The first kappa shape index (κ1) is 22.9. The van der Waals surface area contributed by atoms with Crippen LogP contribution >= 0.6 is 0 Å². The Morgan fingerprint density at radius 2 is 1.09 bits per heavy atom. The van der Waals surface area contributed by atoms with Crippen molar-refractivity contribution >= 4 is 10.1 Å². The largest absolute Gasteiger partial charge is 0.392 e. The van der Waals surface area contributed by atoms with Gasteiger partial charge in [0, 0.05) is 0 Å². The van der Waals surface area contributed by atoms with Gasteiger partial charge in [-0.25, -0.2) is 0 Å². The standard InChI is InChI=1S/C18H38O4S/c1-3-4-5-6-7-8-9-10-11-12-13-14-15-16-18(19)17(2)23(20,21)22/h17-19H,3-16H2,1-2H3,(H,20,21,22). The smallest absolute Gasteiger partial charge is 0.270 e. The van der Waals surface area contributed by atoms with Crippen molar-refractivity contribution in [3.63, 3.8) is 0 Å². The Morgan fingerprint density at radius 1 is 0.739 bits per heavy atom. The van der Waals surface area contributed by atoms with Crippen LogP contribution in [0.4, 0.5) is 0 Å². The van der Waals surface area contributed by atoms with Crippen LogP contribution in [0, 0.1) is 0 Å². The molecule has 0 fully saturated rings. The molecule has 0 amide bonds. The Morgan fingerprint density at radius 3 is 1.43 bits per heavy atom. The van der Waals surface area contributed by atoms with E-state index in [4.69, 9.17) is 4.55 Å². The minimum Gasteiger partial charge on any atom is -0.392 e. The molecule has 2 N–H and O–H groups in total. The summed E-state index contributed by atoms with van der Waals surface area (Å²) >= 11 is 0. The second-order valence-corrected chi connectivity index (χ2v) is 8.59. The van der Waals surface area contributed by atoms with Crippen molar-refractivity contribution in [2.45, 2.75) is 115 Å². The Kier molecular flexibility index (Phi) is 14.2. The van der Waals surface area contributed by atoms with E-state index in [0.29, 0.717) is 6.42 Å². The normalized spacial score (nSPS) is 14.8. The van der Waals surface area contributed by atoms with Crippen LogP contribution in [0.2, 0.25) is 0 Å². The molecule has 23 heavy (non-hydrogen) atoms. The van der Waals surface area contributed by atoms with Gasteiger partial charge in [-0.15, -0.1) is 0 Å². The molecule has 0 heterocycles. The molecule has 0 radical (unpaired) electrons. The number of hydrogen-bond donors (Lipinski definition) is 2. The van der Waals surface area contributed by atoms with E-state index in [0.717, 1.165) is 19.3 Å². The van der Waals surface area contributed by atoms with Crippen molar-refractivity contribution in [1.29, 1.82) is 0 Å². The summed E-state index contributed by atoms with van der Waals surface area (Å²) < 4.78 is 30.7. The van der Waals surface area contributed by atoms with E-state index in [1.807, 2.05) is 0 Å². The van der Waals surface area contributed by atoms with E-state index in [1.165, 1.54) is 71.1 Å². The molecule has 4 nitrogen and oxygen atoms in total. The predicted molar refractivity (Wildman–Crippen MR) is 97.3 cm³/mol. The highest BCUT2D eigenvalue weighted by atomic mass is 32.2. The molecule has 0 aliphatic heterocycles. The molecule has 0 aromatic rings. The Balaban J connectivity index is 3.31. The highest BCUT2D eigenvalue weighted by molar-refractivity contribution is 7.86. The van der Waals surface area contributed by atoms with Gasteiger partial charge in [-0.3, -0.25) is 4.55 Å². The molecule has 0 saturated carbocycles. The van der Waals surface area contributed by atoms with E-state index in [-0.39, 0.29) is 0 Å². The molecule has 0 spiro atoms. The van der Waals surface area contributed by atoms with Crippen LogP contribution in [0.25, 0.3) is 0 Å². The maximum Gasteiger partial charge on any atom is 0.270 e. The van der Waals surface area contributed by atoms with Gasteiger partial charge in [0.1, 0.15) is 5.25 Å². The summed E-state index contributed by atoms with van der Waals surface area (Å²) in [7, 11) is -4.12. The first-order chi connectivity index (χ1) is 10.9. The van der Waals surface area contributed by atoms with Gasteiger partial charge < -0.3 is 5.11 Å². The lowest BCUT2D eigenvalue weighted by atomic mass is 10.0. The quantitative estimate of drug-likeness (QED) is 0.300. The summed E-state index contributed by atoms with van der Waals surface area (Å²) in [6.07, 6.45) is 15.8. The Bertz CT molecular complexity index is 354. The SMILES string of the molecule is CCCCCCCCCCCCCCCC(O)C(C)S(=O)(=O)O. The first-order valence-electron chi connectivity index (χ1n) is 9.54. The van der Waals surface area contributed by atoms with E-state index in [9.17, 15) is 13.5 Å². The summed E-state index contributed by atoms with van der Waals surface area (Å²) in [5.41, 5.74) is 0.